The highest BCUT2D eigenvalue weighted by molar-refractivity contribution is 7.89. The number of sulfonamides is 1. The Kier molecular flexibility index (Phi) is 5.36. The Morgan fingerprint density at radius 2 is 1.85 bits per heavy atom. The molecule has 0 aliphatic carbocycles. The Labute approximate surface area is 156 Å². The number of hydrogen-bond acceptors (Lipinski definition) is 6. The van der Waals surface area contributed by atoms with E-state index in [1.54, 1.807) is 32.1 Å². The third-order valence-corrected chi connectivity index (χ3v) is 6.68. The van der Waals surface area contributed by atoms with Crippen LogP contribution in [0.15, 0.2) is 56.7 Å². The van der Waals surface area contributed by atoms with Gasteiger partial charge in [0.15, 0.2) is 5.70 Å². The number of ether oxygens (including phenoxy) is 1. The van der Waals surface area contributed by atoms with E-state index in [9.17, 15) is 13.2 Å². The van der Waals surface area contributed by atoms with Crippen LogP contribution in [0.25, 0.3) is 6.08 Å². The second-order valence-corrected chi connectivity index (χ2v) is 8.22. The molecule has 6 nitrogen and oxygen atoms in total. The van der Waals surface area contributed by atoms with Crippen molar-refractivity contribution in [1.29, 1.82) is 0 Å². The van der Waals surface area contributed by atoms with Gasteiger partial charge in [-0.15, -0.1) is 0 Å². The number of rotatable bonds is 6. The van der Waals surface area contributed by atoms with Gasteiger partial charge in [-0.05, 0) is 52.7 Å². The molecule has 0 fully saturated rings. The van der Waals surface area contributed by atoms with Crippen LogP contribution in [0.4, 0.5) is 0 Å². The molecule has 0 radical (unpaired) electrons. The monoisotopic (exact) mass is 390 g/mol. The van der Waals surface area contributed by atoms with Gasteiger partial charge in [-0.25, -0.2) is 18.2 Å². The van der Waals surface area contributed by atoms with E-state index in [0.29, 0.717) is 18.7 Å². The number of esters is 1. The smallest absolute Gasteiger partial charge is 0.363 e. The van der Waals surface area contributed by atoms with Gasteiger partial charge in [0.05, 0.1) is 4.90 Å². The molecule has 0 amide bonds. The van der Waals surface area contributed by atoms with Crippen molar-refractivity contribution >= 4 is 39.3 Å². The third-order valence-electron chi connectivity index (χ3n) is 3.91. The van der Waals surface area contributed by atoms with Crippen LogP contribution >= 0.6 is 11.3 Å². The lowest BCUT2D eigenvalue weighted by atomic mass is 10.2. The van der Waals surface area contributed by atoms with Gasteiger partial charge < -0.3 is 4.74 Å². The first kappa shape index (κ1) is 18.5. The van der Waals surface area contributed by atoms with Crippen molar-refractivity contribution in [3.05, 3.63) is 57.9 Å². The van der Waals surface area contributed by atoms with E-state index in [1.807, 2.05) is 16.8 Å². The lowest BCUT2D eigenvalue weighted by Gasteiger charge is -2.18. The fourth-order valence-corrected chi connectivity index (χ4v) is 4.61. The van der Waals surface area contributed by atoms with Crippen molar-refractivity contribution in [1.82, 2.24) is 4.31 Å². The summed E-state index contributed by atoms with van der Waals surface area (Å²) in [6.07, 6.45) is 1.66. The predicted molar refractivity (Wildman–Crippen MR) is 101 cm³/mol. The summed E-state index contributed by atoms with van der Waals surface area (Å²) in [5, 5.41) is 3.81. The van der Waals surface area contributed by atoms with E-state index in [4.69, 9.17) is 4.74 Å². The molecule has 8 heteroatoms. The third kappa shape index (κ3) is 3.62. The maximum Gasteiger partial charge on any atom is 0.363 e. The molecule has 0 N–H and O–H groups in total. The molecule has 0 atom stereocenters. The maximum absolute atomic E-state index is 12.5. The van der Waals surface area contributed by atoms with E-state index in [0.717, 1.165) is 5.56 Å². The summed E-state index contributed by atoms with van der Waals surface area (Å²) in [6.45, 7) is 4.40. The van der Waals surface area contributed by atoms with E-state index >= 15 is 0 Å². The second kappa shape index (κ2) is 7.53. The number of carbonyl (C=O) groups is 1. The van der Waals surface area contributed by atoms with Gasteiger partial charge in [0, 0.05) is 18.7 Å². The molecule has 2 heterocycles. The Hall–Kier alpha value is -2.29. The van der Waals surface area contributed by atoms with Crippen molar-refractivity contribution in [2.75, 3.05) is 13.1 Å². The summed E-state index contributed by atoms with van der Waals surface area (Å²) in [6, 6.07) is 8.07. The molecular weight excluding hydrogens is 372 g/mol. The molecule has 0 unspecified atom stereocenters. The fraction of sp³-hybridized carbons (Fsp3) is 0.222. The van der Waals surface area contributed by atoms with Gasteiger partial charge >= 0.3 is 5.97 Å². The van der Waals surface area contributed by atoms with Crippen LogP contribution in [0.1, 0.15) is 25.0 Å². The van der Waals surface area contributed by atoms with Crippen molar-refractivity contribution in [2.24, 2.45) is 4.99 Å². The Balaban J connectivity index is 1.87. The molecule has 26 heavy (non-hydrogen) atoms. The van der Waals surface area contributed by atoms with Crippen LogP contribution in [-0.4, -0.2) is 37.7 Å². The number of nitrogens with zero attached hydrogens (tertiary/aromatic N) is 2. The van der Waals surface area contributed by atoms with Gasteiger partial charge in [-0.3, -0.25) is 0 Å². The molecule has 0 spiro atoms. The minimum absolute atomic E-state index is 0.170. The van der Waals surface area contributed by atoms with Crippen LogP contribution < -0.4 is 0 Å². The van der Waals surface area contributed by atoms with Gasteiger partial charge in [-0.1, -0.05) is 13.8 Å². The van der Waals surface area contributed by atoms with E-state index < -0.39 is 16.0 Å². The lowest BCUT2D eigenvalue weighted by Crippen LogP contribution is -2.30. The second-order valence-electron chi connectivity index (χ2n) is 5.51. The Morgan fingerprint density at radius 3 is 2.42 bits per heavy atom. The van der Waals surface area contributed by atoms with Crippen molar-refractivity contribution in [3.8, 4) is 0 Å². The minimum atomic E-state index is -3.52. The highest BCUT2D eigenvalue weighted by Gasteiger charge is 2.26. The quantitative estimate of drug-likeness (QED) is 0.561. The average Bonchev–Trinajstić information content (AvgIpc) is 3.26. The maximum atomic E-state index is 12.5. The Bertz CT molecular complexity index is 955. The predicted octanol–water partition coefficient (Wildman–Crippen LogP) is 3.12. The molecule has 1 aliphatic heterocycles. The summed E-state index contributed by atoms with van der Waals surface area (Å²) >= 11 is 1.53. The van der Waals surface area contributed by atoms with Crippen LogP contribution in [0.3, 0.4) is 0 Å². The molecule has 3 rings (SSSR count). The van der Waals surface area contributed by atoms with Crippen molar-refractivity contribution in [3.63, 3.8) is 0 Å². The first-order chi connectivity index (χ1) is 12.5. The van der Waals surface area contributed by atoms with Crippen LogP contribution in [0.2, 0.25) is 0 Å². The molecule has 1 aromatic heterocycles. The highest BCUT2D eigenvalue weighted by Crippen LogP contribution is 2.22. The molecule has 136 valence electrons. The van der Waals surface area contributed by atoms with Crippen LogP contribution in [0.5, 0.6) is 0 Å². The molecule has 1 aliphatic rings. The van der Waals surface area contributed by atoms with Gasteiger partial charge in [-0.2, -0.15) is 15.6 Å². The zero-order chi connectivity index (χ0) is 18.7. The molecule has 2 aromatic rings. The number of cyclic esters (lactones) is 1. The molecule has 0 bridgehead atoms. The van der Waals surface area contributed by atoms with Crippen LogP contribution in [-0.2, 0) is 19.6 Å². The summed E-state index contributed by atoms with van der Waals surface area (Å²) in [4.78, 5) is 16.4. The van der Waals surface area contributed by atoms with E-state index in [-0.39, 0.29) is 16.5 Å². The zero-order valence-corrected chi connectivity index (χ0v) is 16.0. The molecule has 1 aromatic carbocycles. The Morgan fingerprint density at radius 1 is 1.15 bits per heavy atom. The van der Waals surface area contributed by atoms with Crippen molar-refractivity contribution < 1.29 is 17.9 Å². The molecular formula is C18H18N2O4S2. The van der Waals surface area contributed by atoms with Crippen molar-refractivity contribution in [2.45, 2.75) is 18.7 Å². The van der Waals surface area contributed by atoms with E-state index in [1.165, 1.54) is 27.8 Å². The number of benzene rings is 1. The number of carbonyl (C=O) groups excluding carboxylic acids is 1. The number of thiophene rings is 1. The summed E-state index contributed by atoms with van der Waals surface area (Å²) < 4.78 is 31.6. The summed E-state index contributed by atoms with van der Waals surface area (Å²) in [7, 11) is -3.52. The first-order valence-corrected chi connectivity index (χ1v) is 10.5. The largest absolute Gasteiger partial charge is 0.402 e. The molecule has 0 saturated carbocycles. The molecule has 0 saturated heterocycles. The number of aliphatic imine (C=N–C) groups is 1. The standard InChI is InChI=1S/C18H18N2O4S2/c1-3-20(4-2)26(22,23)15-7-5-14(6-8-15)17-19-16(18(21)24-17)11-13-9-10-25-12-13/h5-12H,3-4H2,1-2H3/b16-11-. The highest BCUT2D eigenvalue weighted by atomic mass is 32.2. The van der Waals surface area contributed by atoms with Gasteiger partial charge in [0.2, 0.25) is 15.9 Å². The normalized spacial score (nSPS) is 16.2. The minimum Gasteiger partial charge on any atom is -0.402 e. The fourth-order valence-electron chi connectivity index (χ4n) is 2.53. The van der Waals surface area contributed by atoms with E-state index in [2.05, 4.69) is 4.99 Å². The topological polar surface area (TPSA) is 76.0 Å². The summed E-state index contributed by atoms with van der Waals surface area (Å²) in [5.74, 6) is -0.352. The number of hydrogen-bond donors (Lipinski definition) is 0. The zero-order valence-electron chi connectivity index (χ0n) is 14.4. The first-order valence-electron chi connectivity index (χ1n) is 8.11. The summed E-state index contributed by atoms with van der Waals surface area (Å²) in [5.41, 5.74) is 1.65. The average molecular weight is 390 g/mol. The SMILES string of the molecule is CCN(CC)S(=O)(=O)c1ccc(C2=N/C(=C\c3ccsc3)C(=O)O2)cc1. The lowest BCUT2D eigenvalue weighted by molar-refractivity contribution is -0.129. The van der Waals surface area contributed by atoms with Gasteiger partial charge in [0.1, 0.15) is 0 Å². The van der Waals surface area contributed by atoms with Crippen LogP contribution in [0, 0.1) is 0 Å². The van der Waals surface area contributed by atoms with Gasteiger partial charge in [0.25, 0.3) is 0 Å².